The number of nitrogens with one attached hydrogen (secondary N) is 1. The van der Waals surface area contributed by atoms with Gasteiger partial charge in [0.2, 0.25) is 0 Å². The Morgan fingerprint density at radius 1 is 1.43 bits per heavy atom. The molecule has 0 spiro atoms. The second kappa shape index (κ2) is 6.00. The average Bonchev–Trinajstić information content (AvgIpc) is 2.96. The first-order valence-corrected chi connectivity index (χ1v) is 8.17. The van der Waals surface area contributed by atoms with Crippen LogP contribution < -0.4 is 4.74 Å². The van der Waals surface area contributed by atoms with Crippen LogP contribution >= 0.6 is 0 Å². The number of methoxy groups -OCH3 is 1. The lowest BCUT2D eigenvalue weighted by Crippen LogP contribution is -2.05. The molecule has 23 heavy (non-hydrogen) atoms. The maximum atomic E-state index is 12.7. The number of rotatable bonds is 4. The van der Waals surface area contributed by atoms with Crippen LogP contribution in [-0.2, 0) is 16.6 Å². The Labute approximate surface area is 140 Å². The van der Waals surface area contributed by atoms with Crippen molar-refractivity contribution in [2.24, 2.45) is 0 Å². The number of aromatic nitrogens is 3. The second-order valence-electron chi connectivity index (χ2n) is 5.18. The van der Waals surface area contributed by atoms with E-state index in [9.17, 15) is 9.32 Å². The van der Waals surface area contributed by atoms with Gasteiger partial charge in [0.15, 0.2) is 5.16 Å². The molecule has 1 atom stereocenters. The van der Waals surface area contributed by atoms with Gasteiger partial charge in [-0.05, 0) is 26.0 Å². The first-order chi connectivity index (χ1) is 12.1. The van der Waals surface area contributed by atoms with Crippen molar-refractivity contribution >= 4 is 21.8 Å². The molecule has 0 bridgehead atoms. The van der Waals surface area contributed by atoms with Crippen molar-refractivity contribution in [3.8, 4) is 11.5 Å². The van der Waals surface area contributed by atoms with Crippen LogP contribution in [0.25, 0.3) is 11.0 Å². The van der Waals surface area contributed by atoms with E-state index in [1.54, 1.807) is 19.9 Å². The first kappa shape index (κ1) is 12.1. The molecule has 0 fully saturated rings. The zero-order chi connectivity index (χ0) is 19.1. The molecule has 2 aromatic heterocycles. The van der Waals surface area contributed by atoms with Gasteiger partial charge in [-0.2, -0.15) is 0 Å². The summed E-state index contributed by atoms with van der Waals surface area (Å²) in [6, 6.07) is 4.63. The number of aromatic amines is 1. The van der Waals surface area contributed by atoms with Gasteiger partial charge in [-0.15, -0.1) is 0 Å². The number of aryl methyl sites for hydroxylation is 1. The molecule has 7 heteroatoms. The molecule has 1 aromatic carbocycles. The highest BCUT2D eigenvalue weighted by atomic mass is 32.2. The number of pyridine rings is 1. The van der Waals surface area contributed by atoms with Crippen LogP contribution in [0, 0.1) is 13.8 Å². The highest BCUT2D eigenvalue weighted by Gasteiger charge is 2.16. The molecular formula is C16H17N3O3S. The lowest BCUT2D eigenvalue weighted by Gasteiger charge is -2.11. The second-order valence-corrected chi connectivity index (χ2v) is 6.54. The van der Waals surface area contributed by atoms with Crippen LogP contribution in [0.1, 0.15) is 20.9 Å². The minimum absolute atomic E-state index is 0.0509. The van der Waals surface area contributed by atoms with Gasteiger partial charge >= 0.3 is 0 Å². The van der Waals surface area contributed by atoms with Crippen LogP contribution in [0.3, 0.4) is 0 Å². The number of hydrogen-bond donors (Lipinski definition) is 2. The third-order valence-corrected chi connectivity index (χ3v) is 4.74. The molecule has 2 N–H and O–H groups in total. The van der Waals surface area contributed by atoms with Gasteiger partial charge in [-0.3, -0.25) is 9.19 Å². The van der Waals surface area contributed by atoms with Gasteiger partial charge in [0.25, 0.3) is 0 Å². The van der Waals surface area contributed by atoms with E-state index in [0.717, 1.165) is 0 Å². The normalized spacial score (nSPS) is 15.0. The number of phenols is 1. The summed E-state index contributed by atoms with van der Waals surface area (Å²) in [7, 11) is -4.10. The van der Waals surface area contributed by atoms with Crippen molar-refractivity contribution in [3.63, 3.8) is 0 Å². The molecule has 120 valence electrons. The van der Waals surface area contributed by atoms with Gasteiger partial charge in [0, 0.05) is 23.4 Å². The number of hydrogen-bond acceptors (Lipinski definition) is 5. The predicted octanol–water partition coefficient (Wildman–Crippen LogP) is 2.60. The number of imidazole rings is 1. The monoisotopic (exact) mass is 334 g/mol. The fraction of sp³-hybridized carbons (Fsp3) is 0.250. The van der Waals surface area contributed by atoms with Gasteiger partial charge in [0.1, 0.15) is 11.5 Å². The lowest BCUT2D eigenvalue weighted by atomic mass is 10.1. The van der Waals surface area contributed by atoms with Crippen LogP contribution in [0.5, 0.6) is 11.5 Å². The number of nitrogens with zero attached hydrogens (tertiary/aromatic N) is 2. The number of fused-ring (bicyclic) bond motifs is 1. The number of aromatic hydroxyl groups is 1. The molecule has 6 nitrogen and oxygen atoms in total. The fourth-order valence-corrected chi connectivity index (χ4v) is 3.43. The number of benzene rings is 1. The lowest BCUT2D eigenvalue weighted by molar-refractivity contribution is 0.407. The van der Waals surface area contributed by atoms with E-state index in [1.165, 1.54) is 18.3 Å². The molecule has 0 radical (unpaired) electrons. The van der Waals surface area contributed by atoms with E-state index < -0.39 is 17.8 Å². The summed E-state index contributed by atoms with van der Waals surface area (Å²) in [5.74, 6) is 0.359. The predicted molar refractivity (Wildman–Crippen MR) is 88.1 cm³/mol. The molecule has 3 rings (SSSR count). The van der Waals surface area contributed by atoms with Crippen molar-refractivity contribution in [3.05, 3.63) is 41.2 Å². The van der Waals surface area contributed by atoms with E-state index in [1.807, 2.05) is 0 Å². The van der Waals surface area contributed by atoms with E-state index in [4.69, 9.17) is 8.85 Å². The molecule has 2 heterocycles. The highest BCUT2D eigenvalue weighted by molar-refractivity contribution is 7.84. The van der Waals surface area contributed by atoms with E-state index >= 15 is 0 Å². The van der Waals surface area contributed by atoms with Gasteiger partial charge in [-0.25, -0.2) is 4.98 Å². The zero-order valence-corrected chi connectivity index (χ0v) is 13.4. The number of phenolic OH excluding ortho intramolecular Hbond substituents is 1. The van der Waals surface area contributed by atoms with Crippen LogP contribution in [0.2, 0.25) is 0 Å². The van der Waals surface area contributed by atoms with Crippen molar-refractivity contribution in [1.29, 1.82) is 0 Å². The first-order valence-electron chi connectivity index (χ1n) is 8.35. The van der Waals surface area contributed by atoms with Gasteiger partial charge < -0.3 is 14.8 Å². The van der Waals surface area contributed by atoms with E-state index in [2.05, 4.69) is 15.0 Å². The van der Waals surface area contributed by atoms with Crippen molar-refractivity contribution in [2.75, 3.05) is 7.04 Å². The van der Waals surface area contributed by atoms with Gasteiger partial charge in [0.05, 0.1) is 44.4 Å². The van der Waals surface area contributed by atoms with Crippen LogP contribution in [0.15, 0.2) is 29.6 Å². The molecule has 0 amide bonds. The SMILES string of the molecule is [2H]C([2H])([2H])Oc1c(C)cnc(CS(=O)c2nc3ccc(O)cc3[nH]2)c1C. The fourth-order valence-electron chi connectivity index (χ4n) is 2.33. The maximum absolute atomic E-state index is 12.7. The third kappa shape index (κ3) is 2.92. The summed E-state index contributed by atoms with van der Waals surface area (Å²) in [6.45, 7) is 3.39. The highest BCUT2D eigenvalue weighted by Crippen LogP contribution is 2.26. The van der Waals surface area contributed by atoms with Crippen molar-refractivity contribution < 1.29 is 18.2 Å². The molecule has 0 aliphatic heterocycles. The Balaban J connectivity index is 1.90. The molecule has 1 unspecified atom stereocenters. The quantitative estimate of drug-likeness (QED) is 0.765. The Kier molecular flexibility index (Phi) is 3.15. The van der Waals surface area contributed by atoms with Crippen molar-refractivity contribution in [2.45, 2.75) is 24.8 Å². The minimum Gasteiger partial charge on any atom is -0.508 e. The van der Waals surface area contributed by atoms with Crippen molar-refractivity contribution in [1.82, 2.24) is 15.0 Å². The van der Waals surface area contributed by atoms with E-state index in [-0.39, 0.29) is 22.4 Å². The maximum Gasteiger partial charge on any atom is 0.197 e. The molecule has 0 saturated carbocycles. The summed E-state index contributed by atoms with van der Waals surface area (Å²) in [4.78, 5) is 11.4. The Morgan fingerprint density at radius 3 is 3.04 bits per heavy atom. The molecular weight excluding hydrogens is 314 g/mol. The summed E-state index contributed by atoms with van der Waals surface area (Å²) in [6.07, 6.45) is 1.50. The molecule has 0 saturated heterocycles. The summed E-state index contributed by atoms with van der Waals surface area (Å²) in [5, 5.41) is 9.76. The largest absolute Gasteiger partial charge is 0.508 e. The number of ether oxygens (including phenoxy) is 1. The standard InChI is InChI=1S/C16H17N3O3S/c1-9-7-17-14(10(2)15(9)22-3)8-23(21)16-18-12-5-4-11(20)6-13(12)19-16/h4-7,20H,8H2,1-3H3,(H,18,19)/i3D3. The minimum atomic E-state index is -2.58. The Bertz CT molecular complexity index is 1000. The summed E-state index contributed by atoms with van der Waals surface area (Å²) < 4.78 is 39.6. The van der Waals surface area contributed by atoms with Crippen LogP contribution in [0.4, 0.5) is 0 Å². The van der Waals surface area contributed by atoms with Gasteiger partial charge in [-0.1, -0.05) is 0 Å². The average molecular weight is 334 g/mol. The Morgan fingerprint density at radius 2 is 2.26 bits per heavy atom. The molecule has 3 aromatic rings. The molecule has 0 aliphatic carbocycles. The zero-order valence-electron chi connectivity index (χ0n) is 15.6. The Hall–Kier alpha value is -2.41. The summed E-state index contributed by atoms with van der Waals surface area (Å²) >= 11 is 0. The third-order valence-electron chi connectivity index (χ3n) is 3.57. The molecule has 0 aliphatic rings. The smallest absolute Gasteiger partial charge is 0.197 e. The van der Waals surface area contributed by atoms with E-state index in [0.29, 0.717) is 27.9 Å². The van der Waals surface area contributed by atoms with Crippen LogP contribution in [-0.4, -0.2) is 31.3 Å². The topological polar surface area (TPSA) is 88.1 Å². The summed E-state index contributed by atoms with van der Waals surface area (Å²) in [5.41, 5.74) is 2.76. The number of H-pyrrole nitrogens is 1.